The van der Waals surface area contributed by atoms with Crippen LogP contribution in [0, 0.1) is 0 Å². The number of hydrogen-bond acceptors (Lipinski definition) is 6. The third-order valence-corrected chi connectivity index (χ3v) is 3.74. The molecule has 1 unspecified atom stereocenters. The molecule has 0 bridgehead atoms. The minimum atomic E-state index is 0.289. The summed E-state index contributed by atoms with van der Waals surface area (Å²) in [4.78, 5) is 4.53. The average Bonchev–Trinajstić information content (AvgIpc) is 3.05. The fourth-order valence-electron chi connectivity index (χ4n) is 2.56. The summed E-state index contributed by atoms with van der Waals surface area (Å²) in [7, 11) is 3.25. The summed E-state index contributed by atoms with van der Waals surface area (Å²) in [6, 6.07) is 5.54. The molecule has 3 rings (SSSR count). The molecule has 1 aliphatic heterocycles. The van der Waals surface area contributed by atoms with Crippen LogP contribution < -0.4 is 14.8 Å². The molecule has 2 heterocycles. The van der Waals surface area contributed by atoms with Crippen molar-refractivity contribution in [3.05, 3.63) is 24.1 Å². The van der Waals surface area contributed by atoms with Crippen LogP contribution in [0.3, 0.4) is 0 Å². The van der Waals surface area contributed by atoms with Gasteiger partial charge in [-0.3, -0.25) is 0 Å². The molecular weight excluding hydrogens is 270 g/mol. The van der Waals surface area contributed by atoms with E-state index in [9.17, 15) is 0 Å². The van der Waals surface area contributed by atoms with Gasteiger partial charge in [0.05, 0.1) is 25.7 Å². The van der Waals surface area contributed by atoms with Crippen LogP contribution in [0.2, 0.25) is 0 Å². The van der Waals surface area contributed by atoms with E-state index in [1.165, 1.54) is 0 Å². The highest BCUT2D eigenvalue weighted by Gasteiger charge is 2.22. The van der Waals surface area contributed by atoms with Gasteiger partial charge in [0.1, 0.15) is 11.5 Å². The largest absolute Gasteiger partial charge is 0.497 e. The van der Waals surface area contributed by atoms with Crippen LogP contribution in [0.1, 0.15) is 24.7 Å². The van der Waals surface area contributed by atoms with Gasteiger partial charge in [-0.1, -0.05) is 5.16 Å². The Kier molecular flexibility index (Phi) is 4.06. The molecule has 1 fully saturated rings. The maximum absolute atomic E-state index is 5.43. The van der Waals surface area contributed by atoms with Gasteiger partial charge < -0.3 is 19.3 Å². The molecule has 6 heteroatoms. The normalized spacial score (nSPS) is 18.5. The second-order valence-electron chi connectivity index (χ2n) is 5.07. The van der Waals surface area contributed by atoms with Crippen LogP contribution in [0.25, 0.3) is 11.4 Å². The summed E-state index contributed by atoms with van der Waals surface area (Å²) < 4.78 is 16.0. The van der Waals surface area contributed by atoms with E-state index in [2.05, 4.69) is 15.5 Å². The molecule has 2 aromatic rings. The summed E-state index contributed by atoms with van der Waals surface area (Å²) in [5, 5.41) is 7.45. The molecule has 0 spiro atoms. The standard InChI is InChI=1S/C15H19N3O3/c1-19-11-5-6-13(20-2)12(8-11)14-17-15(21-18-14)10-4-3-7-16-9-10/h5-6,8,10,16H,3-4,7,9H2,1-2H3. The lowest BCUT2D eigenvalue weighted by atomic mass is 10.00. The van der Waals surface area contributed by atoms with E-state index < -0.39 is 0 Å². The molecule has 0 radical (unpaired) electrons. The number of aromatic nitrogens is 2. The van der Waals surface area contributed by atoms with Crippen molar-refractivity contribution in [2.45, 2.75) is 18.8 Å². The van der Waals surface area contributed by atoms with Crippen molar-refractivity contribution in [3.63, 3.8) is 0 Å². The predicted octanol–water partition coefficient (Wildman–Crippen LogP) is 2.22. The second kappa shape index (κ2) is 6.13. The van der Waals surface area contributed by atoms with Gasteiger partial charge in [0, 0.05) is 6.54 Å². The summed E-state index contributed by atoms with van der Waals surface area (Å²) in [5.41, 5.74) is 0.774. The fourth-order valence-corrected chi connectivity index (χ4v) is 2.56. The first-order chi connectivity index (χ1) is 10.3. The Hall–Kier alpha value is -2.08. The van der Waals surface area contributed by atoms with Crippen LogP contribution in [0.5, 0.6) is 11.5 Å². The van der Waals surface area contributed by atoms with E-state index in [1.807, 2.05) is 18.2 Å². The van der Waals surface area contributed by atoms with Gasteiger partial charge in [-0.05, 0) is 37.6 Å². The molecule has 0 saturated carbocycles. The Morgan fingerprint density at radius 3 is 2.90 bits per heavy atom. The smallest absolute Gasteiger partial charge is 0.231 e. The number of benzene rings is 1. The Balaban J connectivity index is 1.91. The zero-order valence-corrected chi connectivity index (χ0v) is 12.3. The minimum absolute atomic E-state index is 0.289. The zero-order valence-electron chi connectivity index (χ0n) is 12.3. The van der Waals surface area contributed by atoms with Crippen LogP contribution in [-0.2, 0) is 0 Å². The second-order valence-corrected chi connectivity index (χ2v) is 5.07. The lowest BCUT2D eigenvalue weighted by molar-refractivity contribution is 0.322. The van der Waals surface area contributed by atoms with Crippen LogP contribution >= 0.6 is 0 Å². The number of ether oxygens (including phenoxy) is 2. The lowest BCUT2D eigenvalue weighted by Crippen LogP contribution is -2.28. The predicted molar refractivity (Wildman–Crippen MR) is 77.7 cm³/mol. The third-order valence-electron chi connectivity index (χ3n) is 3.74. The van der Waals surface area contributed by atoms with Crippen molar-refractivity contribution in [2.75, 3.05) is 27.3 Å². The molecule has 112 valence electrons. The Morgan fingerprint density at radius 2 is 2.19 bits per heavy atom. The highest BCUT2D eigenvalue weighted by Crippen LogP contribution is 2.33. The lowest BCUT2D eigenvalue weighted by Gasteiger charge is -2.18. The molecule has 21 heavy (non-hydrogen) atoms. The molecule has 6 nitrogen and oxygen atoms in total. The molecule has 1 saturated heterocycles. The van der Waals surface area contributed by atoms with Crippen molar-refractivity contribution in [2.24, 2.45) is 0 Å². The number of nitrogens with zero attached hydrogens (tertiary/aromatic N) is 2. The first-order valence-corrected chi connectivity index (χ1v) is 7.08. The molecule has 1 N–H and O–H groups in total. The number of piperidine rings is 1. The maximum Gasteiger partial charge on any atom is 0.231 e. The molecule has 1 aliphatic rings. The van der Waals surface area contributed by atoms with Crippen molar-refractivity contribution in [1.82, 2.24) is 15.5 Å². The topological polar surface area (TPSA) is 69.4 Å². The third kappa shape index (κ3) is 2.85. The molecule has 1 aromatic heterocycles. The van der Waals surface area contributed by atoms with Gasteiger partial charge >= 0.3 is 0 Å². The van der Waals surface area contributed by atoms with Gasteiger partial charge in [-0.25, -0.2) is 0 Å². The Bertz CT molecular complexity index is 606. The Labute approximate surface area is 123 Å². The average molecular weight is 289 g/mol. The molecule has 0 amide bonds. The van der Waals surface area contributed by atoms with Crippen molar-refractivity contribution < 1.29 is 14.0 Å². The minimum Gasteiger partial charge on any atom is -0.497 e. The van der Waals surface area contributed by atoms with Gasteiger partial charge in [-0.15, -0.1) is 0 Å². The summed E-state index contributed by atoms with van der Waals surface area (Å²) in [5.74, 6) is 2.94. The quantitative estimate of drug-likeness (QED) is 0.930. The van der Waals surface area contributed by atoms with Gasteiger partial charge in [0.25, 0.3) is 0 Å². The summed E-state index contributed by atoms with van der Waals surface area (Å²) >= 11 is 0. The van der Waals surface area contributed by atoms with Crippen molar-refractivity contribution in [1.29, 1.82) is 0 Å². The summed E-state index contributed by atoms with van der Waals surface area (Å²) in [6.07, 6.45) is 2.20. The number of methoxy groups -OCH3 is 2. The van der Waals surface area contributed by atoms with Crippen LogP contribution in [0.15, 0.2) is 22.7 Å². The maximum atomic E-state index is 5.43. The van der Waals surface area contributed by atoms with Gasteiger partial charge in [0.15, 0.2) is 0 Å². The molecular formula is C15H19N3O3. The van der Waals surface area contributed by atoms with Crippen molar-refractivity contribution in [3.8, 4) is 22.9 Å². The highest BCUT2D eigenvalue weighted by atomic mass is 16.5. The number of rotatable bonds is 4. The van der Waals surface area contributed by atoms with E-state index in [4.69, 9.17) is 14.0 Å². The van der Waals surface area contributed by atoms with E-state index in [-0.39, 0.29) is 5.92 Å². The number of hydrogen-bond donors (Lipinski definition) is 1. The summed E-state index contributed by atoms with van der Waals surface area (Å²) in [6.45, 7) is 1.94. The Morgan fingerprint density at radius 1 is 1.29 bits per heavy atom. The molecule has 0 aliphatic carbocycles. The van der Waals surface area contributed by atoms with Gasteiger partial charge in [0.2, 0.25) is 11.7 Å². The van der Waals surface area contributed by atoms with E-state index >= 15 is 0 Å². The molecule has 1 aromatic carbocycles. The van der Waals surface area contributed by atoms with E-state index in [0.717, 1.165) is 37.2 Å². The SMILES string of the molecule is COc1ccc(OC)c(-c2noc(C3CCCNC3)n2)c1. The first-order valence-electron chi connectivity index (χ1n) is 7.08. The van der Waals surface area contributed by atoms with Gasteiger partial charge in [-0.2, -0.15) is 4.98 Å². The van der Waals surface area contributed by atoms with Crippen LogP contribution in [0.4, 0.5) is 0 Å². The van der Waals surface area contributed by atoms with Crippen molar-refractivity contribution >= 4 is 0 Å². The fraction of sp³-hybridized carbons (Fsp3) is 0.467. The van der Waals surface area contributed by atoms with E-state index in [1.54, 1.807) is 14.2 Å². The van der Waals surface area contributed by atoms with E-state index in [0.29, 0.717) is 17.5 Å². The first kappa shape index (κ1) is 13.9. The highest BCUT2D eigenvalue weighted by molar-refractivity contribution is 5.66. The number of nitrogens with one attached hydrogen (secondary N) is 1. The molecule has 1 atom stereocenters. The monoisotopic (exact) mass is 289 g/mol. The van der Waals surface area contributed by atoms with Crippen LogP contribution in [-0.4, -0.2) is 37.4 Å². The zero-order chi connectivity index (χ0) is 14.7.